The first kappa shape index (κ1) is 7.99. The van der Waals surface area contributed by atoms with Crippen LogP contribution in [0.15, 0.2) is 29.2 Å². The third-order valence-corrected chi connectivity index (χ3v) is 3.32. The standard InChI is InChI=1S/C10H13NS/c1-11-8-2-4-9(5-3-8)12-10-6-7-10/h2-5,10-11H,6-7H2,1H3. The molecule has 0 bridgehead atoms. The molecule has 1 nitrogen and oxygen atoms in total. The Balaban J connectivity index is 2.02. The molecule has 1 N–H and O–H groups in total. The Hall–Kier alpha value is -0.630. The van der Waals surface area contributed by atoms with Gasteiger partial charge in [0.15, 0.2) is 0 Å². The molecule has 0 radical (unpaired) electrons. The summed E-state index contributed by atoms with van der Waals surface area (Å²) < 4.78 is 0. The zero-order valence-corrected chi connectivity index (χ0v) is 8.03. The molecule has 0 unspecified atom stereocenters. The van der Waals surface area contributed by atoms with E-state index in [0.29, 0.717) is 0 Å². The van der Waals surface area contributed by atoms with Crippen molar-refractivity contribution in [3.8, 4) is 0 Å². The third kappa shape index (κ3) is 1.95. The maximum Gasteiger partial charge on any atom is 0.0338 e. The number of anilines is 1. The van der Waals surface area contributed by atoms with E-state index in [1.807, 2.05) is 18.8 Å². The topological polar surface area (TPSA) is 12.0 Å². The van der Waals surface area contributed by atoms with Gasteiger partial charge in [0.25, 0.3) is 0 Å². The van der Waals surface area contributed by atoms with E-state index in [2.05, 4.69) is 29.6 Å². The van der Waals surface area contributed by atoms with Gasteiger partial charge in [0.05, 0.1) is 0 Å². The Kier molecular flexibility index (Phi) is 2.26. The molecule has 2 heteroatoms. The smallest absolute Gasteiger partial charge is 0.0338 e. The lowest BCUT2D eigenvalue weighted by Crippen LogP contribution is -1.86. The summed E-state index contributed by atoms with van der Waals surface area (Å²) in [5.74, 6) is 0. The lowest BCUT2D eigenvalue weighted by atomic mass is 10.3. The van der Waals surface area contributed by atoms with Crippen LogP contribution in [0.25, 0.3) is 0 Å². The van der Waals surface area contributed by atoms with Gasteiger partial charge in [-0.3, -0.25) is 0 Å². The van der Waals surface area contributed by atoms with Gasteiger partial charge in [0.2, 0.25) is 0 Å². The quantitative estimate of drug-likeness (QED) is 0.765. The van der Waals surface area contributed by atoms with E-state index >= 15 is 0 Å². The molecule has 0 aromatic heterocycles. The van der Waals surface area contributed by atoms with Crippen LogP contribution in [-0.4, -0.2) is 12.3 Å². The fraction of sp³-hybridized carbons (Fsp3) is 0.400. The van der Waals surface area contributed by atoms with Crippen molar-refractivity contribution >= 4 is 17.4 Å². The van der Waals surface area contributed by atoms with Crippen molar-refractivity contribution in [2.45, 2.75) is 23.0 Å². The highest BCUT2D eigenvalue weighted by molar-refractivity contribution is 8.00. The van der Waals surface area contributed by atoms with Crippen molar-refractivity contribution in [3.63, 3.8) is 0 Å². The van der Waals surface area contributed by atoms with Gasteiger partial charge in [0, 0.05) is 22.9 Å². The fourth-order valence-corrected chi connectivity index (χ4v) is 2.13. The van der Waals surface area contributed by atoms with Crippen LogP contribution in [0.2, 0.25) is 0 Å². The summed E-state index contributed by atoms with van der Waals surface area (Å²) in [7, 11) is 1.95. The first-order valence-electron chi connectivity index (χ1n) is 4.33. The molecule has 1 aromatic rings. The fourth-order valence-electron chi connectivity index (χ4n) is 1.08. The van der Waals surface area contributed by atoms with Gasteiger partial charge in [-0.15, -0.1) is 11.8 Å². The Morgan fingerprint density at radius 1 is 1.25 bits per heavy atom. The van der Waals surface area contributed by atoms with Gasteiger partial charge in [-0.25, -0.2) is 0 Å². The van der Waals surface area contributed by atoms with Gasteiger partial charge >= 0.3 is 0 Å². The lowest BCUT2D eigenvalue weighted by molar-refractivity contribution is 1.40. The van der Waals surface area contributed by atoms with Crippen molar-refractivity contribution in [2.75, 3.05) is 12.4 Å². The van der Waals surface area contributed by atoms with Crippen molar-refractivity contribution in [1.29, 1.82) is 0 Å². The molecule has 1 fully saturated rings. The summed E-state index contributed by atoms with van der Waals surface area (Å²) in [5, 5.41) is 4.02. The second-order valence-corrected chi connectivity index (χ2v) is 4.47. The van der Waals surface area contributed by atoms with Crippen molar-refractivity contribution in [3.05, 3.63) is 24.3 Å². The average molecular weight is 179 g/mol. The first-order chi connectivity index (χ1) is 5.88. The van der Waals surface area contributed by atoms with Crippen molar-refractivity contribution < 1.29 is 0 Å². The van der Waals surface area contributed by atoms with Crippen LogP contribution in [0.4, 0.5) is 5.69 Å². The molecular weight excluding hydrogens is 166 g/mol. The Morgan fingerprint density at radius 3 is 2.42 bits per heavy atom. The maximum absolute atomic E-state index is 3.11. The lowest BCUT2D eigenvalue weighted by Gasteiger charge is -2.01. The number of benzene rings is 1. The van der Waals surface area contributed by atoms with E-state index in [0.717, 1.165) is 5.25 Å². The summed E-state index contributed by atoms with van der Waals surface area (Å²) in [6.07, 6.45) is 2.80. The molecule has 0 aliphatic heterocycles. The Labute approximate surface area is 77.6 Å². The Morgan fingerprint density at radius 2 is 1.92 bits per heavy atom. The van der Waals surface area contributed by atoms with E-state index in [9.17, 15) is 0 Å². The van der Waals surface area contributed by atoms with E-state index in [1.165, 1.54) is 23.4 Å². The molecule has 1 aliphatic carbocycles. The molecular formula is C10H13NS. The summed E-state index contributed by atoms with van der Waals surface area (Å²) >= 11 is 2.00. The molecule has 64 valence electrons. The molecule has 0 spiro atoms. The van der Waals surface area contributed by atoms with Crippen LogP contribution in [0, 0.1) is 0 Å². The van der Waals surface area contributed by atoms with Crippen LogP contribution < -0.4 is 5.32 Å². The van der Waals surface area contributed by atoms with Crippen LogP contribution in [0.1, 0.15) is 12.8 Å². The SMILES string of the molecule is CNc1ccc(SC2CC2)cc1. The zero-order valence-electron chi connectivity index (χ0n) is 7.21. The number of hydrogen-bond acceptors (Lipinski definition) is 2. The number of nitrogens with one attached hydrogen (secondary N) is 1. The largest absolute Gasteiger partial charge is 0.388 e. The van der Waals surface area contributed by atoms with Gasteiger partial charge in [-0.05, 0) is 37.1 Å². The van der Waals surface area contributed by atoms with Gasteiger partial charge in [-0.1, -0.05) is 0 Å². The molecule has 12 heavy (non-hydrogen) atoms. The molecule has 0 saturated heterocycles. The first-order valence-corrected chi connectivity index (χ1v) is 5.21. The molecule has 2 rings (SSSR count). The zero-order chi connectivity index (χ0) is 8.39. The van der Waals surface area contributed by atoms with Crippen molar-refractivity contribution in [1.82, 2.24) is 0 Å². The summed E-state index contributed by atoms with van der Waals surface area (Å²) in [5.41, 5.74) is 1.19. The van der Waals surface area contributed by atoms with E-state index < -0.39 is 0 Å². The van der Waals surface area contributed by atoms with Gasteiger partial charge in [0.1, 0.15) is 0 Å². The van der Waals surface area contributed by atoms with E-state index in [-0.39, 0.29) is 0 Å². The minimum absolute atomic E-state index is 0.908. The highest BCUT2D eigenvalue weighted by atomic mass is 32.2. The van der Waals surface area contributed by atoms with Crippen molar-refractivity contribution in [2.24, 2.45) is 0 Å². The molecule has 1 saturated carbocycles. The molecule has 0 atom stereocenters. The summed E-state index contributed by atoms with van der Waals surface area (Å²) in [6, 6.07) is 8.64. The minimum Gasteiger partial charge on any atom is -0.388 e. The van der Waals surface area contributed by atoms with Crippen LogP contribution >= 0.6 is 11.8 Å². The number of rotatable bonds is 3. The molecule has 0 amide bonds. The summed E-state index contributed by atoms with van der Waals surface area (Å²) in [4.78, 5) is 1.40. The second-order valence-electron chi connectivity index (χ2n) is 3.09. The van der Waals surface area contributed by atoms with E-state index in [4.69, 9.17) is 0 Å². The summed E-state index contributed by atoms with van der Waals surface area (Å²) in [6.45, 7) is 0. The second kappa shape index (κ2) is 3.40. The van der Waals surface area contributed by atoms with Crippen LogP contribution in [0.3, 0.4) is 0 Å². The number of thioether (sulfide) groups is 1. The van der Waals surface area contributed by atoms with E-state index in [1.54, 1.807) is 0 Å². The minimum atomic E-state index is 0.908. The highest BCUT2D eigenvalue weighted by Crippen LogP contribution is 2.39. The van der Waals surface area contributed by atoms with Crippen LogP contribution in [0.5, 0.6) is 0 Å². The Bertz CT molecular complexity index is 251. The molecule has 0 heterocycles. The average Bonchev–Trinajstić information content (AvgIpc) is 2.90. The van der Waals surface area contributed by atoms with Gasteiger partial charge in [-0.2, -0.15) is 0 Å². The van der Waals surface area contributed by atoms with Gasteiger partial charge < -0.3 is 5.32 Å². The molecule has 1 aromatic carbocycles. The highest BCUT2D eigenvalue weighted by Gasteiger charge is 2.22. The normalized spacial score (nSPS) is 16.1. The third-order valence-electron chi connectivity index (χ3n) is 1.97. The maximum atomic E-state index is 3.11. The number of hydrogen-bond donors (Lipinski definition) is 1. The monoisotopic (exact) mass is 179 g/mol. The predicted molar refractivity (Wildman–Crippen MR) is 54.9 cm³/mol. The molecule has 1 aliphatic rings. The van der Waals surface area contributed by atoms with Crippen LogP contribution in [-0.2, 0) is 0 Å². The predicted octanol–water partition coefficient (Wildman–Crippen LogP) is 2.98.